The van der Waals surface area contributed by atoms with Crippen molar-refractivity contribution in [2.24, 2.45) is 7.05 Å². The van der Waals surface area contributed by atoms with Crippen molar-refractivity contribution in [3.63, 3.8) is 0 Å². The first kappa shape index (κ1) is 8.51. The molecule has 0 spiro atoms. The molecule has 2 aromatic rings. The molecule has 0 saturated carbocycles. The molecule has 0 radical (unpaired) electrons. The molecule has 0 amide bonds. The van der Waals surface area contributed by atoms with Crippen molar-refractivity contribution < 1.29 is 0 Å². The van der Waals surface area contributed by atoms with Crippen LogP contribution in [0.5, 0.6) is 0 Å². The first-order valence-corrected chi connectivity index (χ1v) is 5.10. The number of aromatic nitrogens is 2. The SMILES string of the molecule is Cc1cc(-c2nc(C)cs2)n(C)c1. The van der Waals surface area contributed by atoms with Crippen LogP contribution in [0.15, 0.2) is 17.6 Å². The summed E-state index contributed by atoms with van der Waals surface area (Å²) in [7, 11) is 2.05. The number of hydrogen-bond donors (Lipinski definition) is 0. The van der Waals surface area contributed by atoms with Gasteiger partial charge in [0.1, 0.15) is 5.01 Å². The third kappa shape index (κ3) is 1.52. The molecule has 13 heavy (non-hydrogen) atoms. The van der Waals surface area contributed by atoms with Gasteiger partial charge in [0.15, 0.2) is 0 Å². The highest BCUT2D eigenvalue weighted by molar-refractivity contribution is 7.13. The highest BCUT2D eigenvalue weighted by atomic mass is 32.1. The van der Waals surface area contributed by atoms with Gasteiger partial charge in [-0.1, -0.05) is 0 Å². The Bertz CT molecular complexity index is 426. The molecular weight excluding hydrogens is 180 g/mol. The molecule has 0 saturated heterocycles. The molecule has 0 fully saturated rings. The summed E-state index contributed by atoms with van der Waals surface area (Å²) in [6.07, 6.45) is 2.12. The smallest absolute Gasteiger partial charge is 0.140 e. The lowest BCUT2D eigenvalue weighted by Gasteiger charge is -1.96. The summed E-state index contributed by atoms with van der Waals surface area (Å²) in [6, 6.07) is 2.16. The van der Waals surface area contributed by atoms with Gasteiger partial charge in [0.05, 0.1) is 5.69 Å². The molecule has 0 aromatic carbocycles. The van der Waals surface area contributed by atoms with E-state index < -0.39 is 0 Å². The zero-order chi connectivity index (χ0) is 9.42. The topological polar surface area (TPSA) is 17.8 Å². The van der Waals surface area contributed by atoms with Crippen LogP contribution in [-0.2, 0) is 7.05 Å². The van der Waals surface area contributed by atoms with Crippen LogP contribution in [0.25, 0.3) is 10.7 Å². The van der Waals surface area contributed by atoms with Gasteiger partial charge < -0.3 is 4.57 Å². The molecule has 0 aliphatic rings. The summed E-state index contributed by atoms with van der Waals surface area (Å²) >= 11 is 1.70. The molecular formula is C10H12N2S. The van der Waals surface area contributed by atoms with Crippen molar-refractivity contribution in [3.05, 3.63) is 28.9 Å². The van der Waals surface area contributed by atoms with Gasteiger partial charge in [-0.15, -0.1) is 11.3 Å². The minimum Gasteiger partial charge on any atom is -0.348 e. The van der Waals surface area contributed by atoms with Gasteiger partial charge in [0.2, 0.25) is 0 Å². The number of hydrogen-bond acceptors (Lipinski definition) is 2. The van der Waals surface area contributed by atoms with Crippen LogP contribution in [0.3, 0.4) is 0 Å². The van der Waals surface area contributed by atoms with Crippen molar-refractivity contribution in [1.82, 2.24) is 9.55 Å². The zero-order valence-electron chi connectivity index (χ0n) is 8.03. The molecule has 2 rings (SSSR count). The van der Waals surface area contributed by atoms with Gasteiger partial charge in [-0.2, -0.15) is 0 Å². The minimum atomic E-state index is 1.10. The second-order valence-electron chi connectivity index (χ2n) is 3.31. The van der Waals surface area contributed by atoms with E-state index in [4.69, 9.17) is 0 Å². The quantitative estimate of drug-likeness (QED) is 0.679. The lowest BCUT2D eigenvalue weighted by molar-refractivity contribution is 0.931. The fourth-order valence-corrected chi connectivity index (χ4v) is 2.27. The molecule has 2 nitrogen and oxygen atoms in total. The Balaban J connectivity index is 2.51. The number of thiazole rings is 1. The van der Waals surface area contributed by atoms with E-state index in [0.717, 1.165) is 10.7 Å². The first-order valence-electron chi connectivity index (χ1n) is 4.22. The average molecular weight is 192 g/mol. The van der Waals surface area contributed by atoms with Gasteiger partial charge >= 0.3 is 0 Å². The molecule has 0 aliphatic heterocycles. The van der Waals surface area contributed by atoms with Crippen LogP contribution in [0, 0.1) is 13.8 Å². The summed E-state index contributed by atoms with van der Waals surface area (Å²) in [5.41, 5.74) is 3.58. The van der Waals surface area contributed by atoms with E-state index in [9.17, 15) is 0 Å². The monoisotopic (exact) mass is 192 g/mol. The summed E-state index contributed by atoms with van der Waals surface area (Å²) in [6.45, 7) is 4.12. The molecule has 0 unspecified atom stereocenters. The Morgan fingerprint density at radius 3 is 2.62 bits per heavy atom. The Kier molecular flexibility index (Phi) is 1.96. The molecule has 68 valence electrons. The fourth-order valence-electron chi connectivity index (χ4n) is 1.41. The maximum atomic E-state index is 4.45. The third-order valence-electron chi connectivity index (χ3n) is 1.98. The predicted molar refractivity (Wildman–Crippen MR) is 56.0 cm³/mol. The highest BCUT2D eigenvalue weighted by Crippen LogP contribution is 2.24. The summed E-state index contributed by atoms with van der Waals surface area (Å²) in [4.78, 5) is 4.45. The van der Waals surface area contributed by atoms with Crippen LogP contribution in [-0.4, -0.2) is 9.55 Å². The molecule has 2 aromatic heterocycles. The second kappa shape index (κ2) is 3.00. The molecule has 0 atom stereocenters. The fraction of sp³-hybridized carbons (Fsp3) is 0.300. The van der Waals surface area contributed by atoms with Crippen molar-refractivity contribution in [2.75, 3.05) is 0 Å². The number of nitrogens with zero attached hydrogens (tertiary/aromatic N) is 2. The van der Waals surface area contributed by atoms with E-state index in [-0.39, 0.29) is 0 Å². The summed E-state index contributed by atoms with van der Waals surface area (Å²) in [5, 5.41) is 3.19. The van der Waals surface area contributed by atoms with Crippen LogP contribution in [0.4, 0.5) is 0 Å². The summed E-state index contributed by atoms with van der Waals surface area (Å²) < 4.78 is 2.12. The normalized spacial score (nSPS) is 10.7. The van der Waals surface area contributed by atoms with E-state index in [2.05, 4.69) is 41.2 Å². The molecule has 3 heteroatoms. The van der Waals surface area contributed by atoms with Crippen molar-refractivity contribution >= 4 is 11.3 Å². The lowest BCUT2D eigenvalue weighted by Crippen LogP contribution is -1.88. The molecule has 2 heterocycles. The van der Waals surface area contributed by atoms with E-state index in [1.807, 2.05) is 6.92 Å². The van der Waals surface area contributed by atoms with E-state index in [1.54, 1.807) is 11.3 Å². The number of aryl methyl sites for hydroxylation is 3. The standard InChI is InChI=1S/C10H12N2S/c1-7-4-9(12(3)5-7)10-11-8(2)6-13-10/h4-6H,1-3H3. The van der Waals surface area contributed by atoms with Crippen molar-refractivity contribution in [3.8, 4) is 10.7 Å². The molecule has 0 N–H and O–H groups in total. The van der Waals surface area contributed by atoms with E-state index in [0.29, 0.717) is 0 Å². The van der Waals surface area contributed by atoms with E-state index in [1.165, 1.54) is 11.3 Å². The van der Waals surface area contributed by atoms with Crippen LogP contribution < -0.4 is 0 Å². The predicted octanol–water partition coefficient (Wildman–Crippen LogP) is 2.77. The van der Waals surface area contributed by atoms with Gasteiger partial charge in [0.25, 0.3) is 0 Å². The maximum Gasteiger partial charge on any atom is 0.140 e. The highest BCUT2D eigenvalue weighted by Gasteiger charge is 2.06. The number of rotatable bonds is 1. The van der Waals surface area contributed by atoms with Crippen LogP contribution >= 0.6 is 11.3 Å². The van der Waals surface area contributed by atoms with Gasteiger partial charge in [-0.25, -0.2) is 4.98 Å². The largest absolute Gasteiger partial charge is 0.348 e. The first-order chi connectivity index (χ1) is 6.16. The Hall–Kier alpha value is -1.09. The second-order valence-corrected chi connectivity index (χ2v) is 4.17. The van der Waals surface area contributed by atoms with Gasteiger partial charge in [-0.3, -0.25) is 0 Å². The lowest BCUT2D eigenvalue weighted by atomic mass is 10.3. The van der Waals surface area contributed by atoms with Crippen LogP contribution in [0.1, 0.15) is 11.3 Å². The Labute approximate surface area is 81.9 Å². The maximum absolute atomic E-state index is 4.45. The Morgan fingerprint density at radius 1 is 1.38 bits per heavy atom. The average Bonchev–Trinajstić information content (AvgIpc) is 2.58. The Morgan fingerprint density at radius 2 is 2.15 bits per heavy atom. The molecule has 0 aliphatic carbocycles. The third-order valence-corrected chi connectivity index (χ3v) is 2.96. The van der Waals surface area contributed by atoms with Gasteiger partial charge in [0, 0.05) is 24.3 Å². The van der Waals surface area contributed by atoms with Crippen molar-refractivity contribution in [2.45, 2.75) is 13.8 Å². The van der Waals surface area contributed by atoms with Crippen LogP contribution in [0.2, 0.25) is 0 Å². The summed E-state index contributed by atoms with van der Waals surface area (Å²) in [5.74, 6) is 0. The van der Waals surface area contributed by atoms with Gasteiger partial charge in [-0.05, 0) is 25.5 Å². The zero-order valence-corrected chi connectivity index (χ0v) is 8.85. The van der Waals surface area contributed by atoms with Crippen molar-refractivity contribution in [1.29, 1.82) is 0 Å². The molecule has 0 bridgehead atoms. The van der Waals surface area contributed by atoms with E-state index >= 15 is 0 Å². The minimum absolute atomic E-state index is 1.10.